The number of allylic oxidation sites excluding steroid dienone is 1. The molecule has 4 rings (SSSR count). The maximum Gasteiger partial charge on any atom is 0.352 e. The number of amides is 2. The highest BCUT2D eigenvalue weighted by Crippen LogP contribution is 2.40. The Bertz CT molecular complexity index is 1280. The Morgan fingerprint density at radius 1 is 1.33 bits per heavy atom. The number of likely N-dealkylation sites (tertiary alicyclic amines) is 1. The third-order valence-electron chi connectivity index (χ3n) is 6.86. The second-order valence-electron chi connectivity index (χ2n) is 10.3. The number of carbonyl (C=O) groups excluding carboxylic acids is 2. The summed E-state index contributed by atoms with van der Waals surface area (Å²) in [5.41, 5.74) is 4.07. The van der Waals surface area contributed by atoms with Gasteiger partial charge in [0.15, 0.2) is 10.8 Å². The normalized spacial score (nSPS) is 23.0. The quantitative estimate of drug-likeness (QED) is 0.134. The number of hydrogen-bond donors (Lipinski definition) is 4. The molecule has 2 fully saturated rings. The zero-order valence-corrected chi connectivity index (χ0v) is 23.4. The standard InChI is InChI=1S/C24H30N6O7S2/c1-24(2,22(35)36)37-28-15(14-12-39-23(25)26-14)18(31)27-16-19(32)29-17(21(33)34)13(11-38-20(16)29)7-6-10-30(3)8-4-5-9-30/h6-7,12,16,20H,4-5,8-11H2,1-3H3,(H4-,25,26,27,31,33,34,35,36)/p+1/b7-6?,28-15-/t16?,20-/m1/s1. The van der Waals surface area contributed by atoms with E-state index in [-0.39, 0.29) is 22.2 Å². The van der Waals surface area contributed by atoms with Crippen molar-refractivity contribution in [2.45, 2.75) is 43.7 Å². The molecular formula is C24H31N6O7S2+. The average Bonchev–Trinajstić information content (AvgIpc) is 3.50. The number of carboxylic acids is 2. The summed E-state index contributed by atoms with van der Waals surface area (Å²) < 4.78 is 0.903. The maximum absolute atomic E-state index is 13.2. The summed E-state index contributed by atoms with van der Waals surface area (Å²) >= 11 is 2.38. The van der Waals surface area contributed by atoms with Gasteiger partial charge in [-0.2, -0.15) is 0 Å². The van der Waals surface area contributed by atoms with Crippen LogP contribution in [0.25, 0.3) is 0 Å². The number of aromatic nitrogens is 1. The summed E-state index contributed by atoms with van der Waals surface area (Å²) in [6.07, 6.45) is 6.10. The fourth-order valence-electron chi connectivity index (χ4n) is 4.51. The van der Waals surface area contributed by atoms with Crippen LogP contribution in [0.15, 0.2) is 34.0 Å². The van der Waals surface area contributed by atoms with Gasteiger partial charge < -0.3 is 30.6 Å². The molecular weight excluding hydrogens is 548 g/mol. The molecule has 0 bridgehead atoms. The van der Waals surface area contributed by atoms with Gasteiger partial charge in [-0.1, -0.05) is 11.2 Å². The number of thioether (sulfide) groups is 1. The van der Waals surface area contributed by atoms with Gasteiger partial charge in [-0.15, -0.1) is 23.1 Å². The van der Waals surface area contributed by atoms with E-state index >= 15 is 0 Å². The minimum Gasteiger partial charge on any atom is -0.478 e. The van der Waals surface area contributed by atoms with Gasteiger partial charge in [0.25, 0.3) is 11.8 Å². The first-order valence-corrected chi connectivity index (χ1v) is 14.2. The summed E-state index contributed by atoms with van der Waals surface area (Å²) in [6, 6.07) is -1.02. The van der Waals surface area contributed by atoms with Gasteiger partial charge in [-0.25, -0.2) is 14.6 Å². The van der Waals surface area contributed by atoms with Crippen molar-refractivity contribution >= 4 is 57.7 Å². The van der Waals surface area contributed by atoms with Crippen molar-refractivity contribution in [1.29, 1.82) is 0 Å². The largest absolute Gasteiger partial charge is 0.478 e. The molecule has 5 N–H and O–H groups in total. The van der Waals surface area contributed by atoms with Crippen LogP contribution in [0.1, 0.15) is 32.4 Å². The minimum absolute atomic E-state index is 0.0454. The fraction of sp³-hybridized carbons (Fsp3) is 0.500. The molecule has 39 heavy (non-hydrogen) atoms. The van der Waals surface area contributed by atoms with E-state index in [2.05, 4.69) is 22.5 Å². The smallest absolute Gasteiger partial charge is 0.352 e. The Kier molecular flexibility index (Phi) is 8.04. The van der Waals surface area contributed by atoms with E-state index in [0.717, 1.165) is 35.5 Å². The van der Waals surface area contributed by atoms with Crippen molar-refractivity contribution in [3.05, 3.63) is 34.5 Å². The molecule has 4 heterocycles. The number of carbonyl (C=O) groups is 4. The number of β-lactam (4-membered cyclic amide) rings is 1. The molecule has 3 aliphatic heterocycles. The van der Waals surface area contributed by atoms with E-state index < -0.39 is 40.8 Å². The lowest BCUT2D eigenvalue weighted by atomic mass is 10.0. The van der Waals surface area contributed by atoms with Crippen molar-refractivity contribution < 1.29 is 38.7 Å². The molecule has 1 aromatic rings. The van der Waals surface area contributed by atoms with Gasteiger partial charge in [-0.3, -0.25) is 14.5 Å². The monoisotopic (exact) mass is 579 g/mol. The number of fused-ring (bicyclic) bond motifs is 1. The molecule has 210 valence electrons. The number of rotatable bonds is 10. The number of hydrogen-bond acceptors (Lipinski definition) is 10. The molecule has 2 amide bonds. The first-order chi connectivity index (χ1) is 18.3. The van der Waals surface area contributed by atoms with Gasteiger partial charge in [-0.05, 0) is 25.5 Å². The van der Waals surface area contributed by atoms with Gasteiger partial charge in [0.1, 0.15) is 22.8 Å². The highest BCUT2D eigenvalue weighted by atomic mass is 32.2. The van der Waals surface area contributed by atoms with E-state index in [9.17, 15) is 29.4 Å². The van der Waals surface area contributed by atoms with Crippen LogP contribution < -0.4 is 11.1 Å². The maximum atomic E-state index is 13.2. The molecule has 0 aliphatic carbocycles. The van der Waals surface area contributed by atoms with Crippen LogP contribution in [0.5, 0.6) is 0 Å². The van der Waals surface area contributed by atoms with Gasteiger partial charge >= 0.3 is 11.9 Å². The third-order valence-corrected chi connectivity index (χ3v) is 8.83. The molecule has 13 nitrogen and oxygen atoms in total. The molecule has 3 aliphatic rings. The van der Waals surface area contributed by atoms with Crippen molar-refractivity contribution in [1.82, 2.24) is 15.2 Å². The lowest BCUT2D eigenvalue weighted by Gasteiger charge is -2.49. The van der Waals surface area contributed by atoms with Gasteiger partial charge in [0, 0.05) is 24.0 Å². The van der Waals surface area contributed by atoms with Crippen molar-refractivity contribution in [3.8, 4) is 0 Å². The molecule has 2 atom stereocenters. The van der Waals surface area contributed by atoms with Crippen molar-refractivity contribution in [2.24, 2.45) is 5.16 Å². The van der Waals surface area contributed by atoms with Crippen LogP contribution in [0.2, 0.25) is 0 Å². The van der Waals surface area contributed by atoms with E-state index in [1.807, 2.05) is 6.08 Å². The van der Waals surface area contributed by atoms with Crippen LogP contribution in [0.4, 0.5) is 5.13 Å². The minimum atomic E-state index is -1.74. The number of thiazole rings is 1. The number of aliphatic carboxylic acids is 2. The molecule has 0 saturated carbocycles. The molecule has 1 aromatic heterocycles. The number of nitrogen functional groups attached to an aromatic ring is 1. The Morgan fingerprint density at radius 3 is 2.62 bits per heavy atom. The third kappa shape index (κ3) is 5.94. The topological polar surface area (TPSA) is 185 Å². The Morgan fingerprint density at radius 2 is 2.03 bits per heavy atom. The Balaban J connectivity index is 1.51. The first-order valence-electron chi connectivity index (χ1n) is 12.3. The predicted molar refractivity (Wildman–Crippen MR) is 145 cm³/mol. The second kappa shape index (κ2) is 11.0. The summed E-state index contributed by atoms with van der Waals surface area (Å²) in [5.74, 6) is -3.59. The molecule has 0 aromatic carbocycles. The van der Waals surface area contributed by atoms with Crippen LogP contribution >= 0.6 is 23.1 Å². The number of anilines is 1. The molecule has 15 heteroatoms. The van der Waals surface area contributed by atoms with Crippen molar-refractivity contribution in [2.75, 3.05) is 38.2 Å². The number of nitrogens with zero attached hydrogens (tertiary/aromatic N) is 4. The van der Waals surface area contributed by atoms with Gasteiger partial charge in [0.05, 0.1) is 26.7 Å². The summed E-state index contributed by atoms with van der Waals surface area (Å²) in [6.45, 7) is 5.45. The first kappa shape index (κ1) is 28.6. The zero-order chi connectivity index (χ0) is 28.5. The van der Waals surface area contributed by atoms with Crippen LogP contribution in [0, 0.1) is 0 Å². The van der Waals surface area contributed by atoms with Crippen LogP contribution in [-0.4, -0.2) is 103 Å². The number of nitrogens with two attached hydrogens (primary N) is 1. The fourth-order valence-corrected chi connectivity index (χ4v) is 6.38. The predicted octanol–water partition coefficient (Wildman–Crippen LogP) is 0.844. The molecule has 2 saturated heterocycles. The zero-order valence-electron chi connectivity index (χ0n) is 21.7. The molecule has 0 spiro atoms. The second-order valence-corrected chi connectivity index (χ2v) is 12.3. The SMILES string of the molecule is CC(C)(O/N=C(\C(=O)NC1C(=O)N2C(C(=O)O)=C(C=CC[N+]3(C)CCCC3)CS[C@H]12)c1csc(N)n1)C(=O)O. The number of carboxylic acid groups (broad SMARTS) is 2. The number of nitrogens with one attached hydrogen (secondary N) is 1. The van der Waals surface area contributed by atoms with E-state index in [4.69, 9.17) is 10.6 Å². The Labute approximate surface area is 232 Å². The Hall–Kier alpha value is -3.43. The molecule has 1 unspecified atom stereocenters. The highest BCUT2D eigenvalue weighted by Gasteiger charge is 2.54. The summed E-state index contributed by atoms with van der Waals surface area (Å²) in [4.78, 5) is 60.1. The summed E-state index contributed by atoms with van der Waals surface area (Å²) in [5, 5.41) is 26.5. The van der Waals surface area contributed by atoms with Crippen molar-refractivity contribution in [3.63, 3.8) is 0 Å². The lowest BCUT2D eigenvalue weighted by molar-refractivity contribution is -0.891. The lowest BCUT2D eigenvalue weighted by Crippen LogP contribution is -2.71. The van der Waals surface area contributed by atoms with Gasteiger partial charge in [0.2, 0.25) is 5.60 Å². The average molecular weight is 580 g/mol. The van der Waals surface area contributed by atoms with E-state index in [0.29, 0.717) is 11.3 Å². The van der Waals surface area contributed by atoms with Crippen LogP contribution in [-0.2, 0) is 24.0 Å². The number of likely N-dealkylation sites (N-methyl/N-ethyl adjacent to an activating group) is 1. The highest BCUT2D eigenvalue weighted by molar-refractivity contribution is 8.00. The number of quaternary nitrogens is 1. The van der Waals surface area contributed by atoms with Crippen LogP contribution in [0.3, 0.4) is 0 Å². The summed E-state index contributed by atoms with van der Waals surface area (Å²) in [7, 11) is 2.17. The van der Waals surface area contributed by atoms with E-state index in [1.54, 1.807) is 6.08 Å². The number of oxime groups is 1. The molecule has 0 radical (unpaired) electrons. The van der Waals surface area contributed by atoms with E-state index in [1.165, 1.54) is 48.7 Å².